The van der Waals surface area contributed by atoms with Gasteiger partial charge in [-0.15, -0.1) is 0 Å². The first-order valence-electron chi connectivity index (χ1n) is 5.22. The summed E-state index contributed by atoms with van der Waals surface area (Å²) in [6.45, 7) is 0. The molecule has 3 nitrogen and oxygen atoms in total. The standard InChI is InChI=1S/C13H8Br3NO2/c14-7-1-3-11(9(5-7)13(18)19)17-12-4-2-8(15)6-10(12)16/h1-6,17H,(H,18,19). The highest BCUT2D eigenvalue weighted by atomic mass is 79.9. The number of carboxylic acids is 1. The van der Waals surface area contributed by atoms with E-state index in [-0.39, 0.29) is 5.56 Å². The zero-order valence-electron chi connectivity index (χ0n) is 9.45. The lowest BCUT2D eigenvalue weighted by Crippen LogP contribution is -2.03. The fourth-order valence-electron chi connectivity index (χ4n) is 1.54. The van der Waals surface area contributed by atoms with Gasteiger partial charge in [0.05, 0.1) is 16.9 Å². The number of benzene rings is 2. The van der Waals surface area contributed by atoms with Gasteiger partial charge in [-0.25, -0.2) is 4.79 Å². The first kappa shape index (κ1) is 14.6. The van der Waals surface area contributed by atoms with Crippen molar-refractivity contribution in [3.05, 3.63) is 55.4 Å². The molecule has 0 aliphatic carbocycles. The molecular weight excluding hydrogens is 442 g/mol. The average Bonchev–Trinajstić information content (AvgIpc) is 2.34. The number of carbonyl (C=O) groups is 1. The van der Waals surface area contributed by atoms with Crippen LogP contribution in [0.4, 0.5) is 11.4 Å². The lowest BCUT2D eigenvalue weighted by molar-refractivity contribution is 0.0698. The van der Waals surface area contributed by atoms with Crippen LogP contribution in [-0.4, -0.2) is 11.1 Å². The summed E-state index contributed by atoms with van der Waals surface area (Å²) in [5.74, 6) is -0.975. The molecule has 98 valence electrons. The van der Waals surface area contributed by atoms with E-state index in [2.05, 4.69) is 53.1 Å². The molecule has 2 aromatic carbocycles. The molecule has 2 aromatic rings. The van der Waals surface area contributed by atoms with Crippen LogP contribution < -0.4 is 5.32 Å². The van der Waals surface area contributed by atoms with Crippen molar-refractivity contribution in [3.63, 3.8) is 0 Å². The Hall–Kier alpha value is -0.850. The summed E-state index contributed by atoms with van der Waals surface area (Å²) >= 11 is 10.1. The van der Waals surface area contributed by atoms with Crippen molar-refractivity contribution in [2.75, 3.05) is 5.32 Å². The van der Waals surface area contributed by atoms with Crippen LogP contribution in [0.5, 0.6) is 0 Å². The highest BCUT2D eigenvalue weighted by Crippen LogP contribution is 2.31. The van der Waals surface area contributed by atoms with E-state index in [1.165, 1.54) is 0 Å². The van der Waals surface area contributed by atoms with Crippen molar-refractivity contribution in [3.8, 4) is 0 Å². The maximum absolute atomic E-state index is 11.2. The normalized spacial score (nSPS) is 10.3. The van der Waals surface area contributed by atoms with Crippen LogP contribution in [0.2, 0.25) is 0 Å². The molecule has 2 N–H and O–H groups in total. The summed E-state index contributed by atoms with van der Waals surface area (Å²) in [5, 5.41) is 12.3. The SMILES string of the molecule is O=C(O)c1cc(Br)ccc1Nc1ccc(Br)cc1Br. The quantitative estimate of drug-likeness (QED) is 0.658. The molecule has 0 aromatic heterocycles. The van der Waals surface area contributed by atoms with Gasteiger partial charge < -0.3 is 10.4 Å². The van der Waals surface area contributed by atoms with Crippen LogP contribution in [0, 0.1) is 0 Å². The van der Waals surface area contributed by atoms with E-state index in [1.807, 2.05) is 18.2 Å². The first-order valence-corrected chi connectivity index (χ1v) is 7.60. The third-order valence-corrected chi connectivity index (χ3v) is 4.06. The molecule has 2 rings (SSSR count). The summed E-state index contributed by atoms with van der Waals surface area (Å²) in [5.41, 5.74) is 1.55. The third kappa shape index (κ3) is 3.58. The van der Waals surface area contributed by atoms with Gasteiger partial charge in [0.2, 0.25) is 0 Å². The molecule has 19 heavy (non-hydrogen) atoms. The van der Waals surface area contributed by atoms with Crippen LogP contribution in [-0.2, 0) is 0 Å². The second kappa shape index (κ2) is 6.07. The van der Waals surface area contributed by atoms with Crippen molar-refractivity contribution in [1.29, 1.82) is 0 Å². The van der Waals surface area contributed by atoms with E-state index in [4.69, 9.17) is 0 Å². The van der Waals surface area contributed by atoms with Gasteiger partial charge in [-0.3, -0.25) is 0 Å². The fraction of sp³-hybridized carbons (Fsp3) is 0. The second-order valence-electron chi connectivity index (χ2n) is 3.74. The largest absolute Gasteiger partial charge is 0.478 e. The number of rotatable bonds is 3. The minimum atomic E-state index is -0.975. The molecule has 6 heteroatoms. The van der Waals surface area contributed by atoms with Crippen molar-refractivity contribution in [2.24, 2.45) is 0 Å². The number of nitrogens with one attached hydrogen (secondary N) is 1. The summed E-state index contributed by atoms with van der Waals surface area (Å²) in [6, 6.07) is 10.7. The van der Waals surface area contributed by atoms with Crippen LogP contribution in [0.1, 0.15) is 10.4 Å². The molecule has 0 saturated heterocycles. The molecule has 0 atom stereocenters. The Bertz CT molecular complexity index is 644. The Morgan fingerprint density at radius 3 is 2.11 bits per heavy atom. The van der Waals surface area contributed by atoms with Crippen LogP contribution in [0.3, 0.4) is 0 Å². The number of carboxylic acid groups (broad SMARTS) is 1. The van der Waals surface area contributed by atoms with Crippen molar-refractivity contribution in [1.82, 2.24) is 0 Å². The van der Waals surface area contributed by atoms with Crippen LogP contribution >= 0.6 is 47.8 Å². The lowest BCUT2D eigenvalue weighted by Gasteiger charge is -2.12. The van der Waals surface area contributed by atoms with E-state index in [1.54, 1.807) is 18.2 Å². The van der Waals surface area contributed by atoms with Gasteiger partial charge in [0.25, 0.3) is 0 Å². The highest BCUT2D eigenvalue weighted by Gasteiger charge is 2.11. The Morgan fingerprint density at radius 2 is 1.53 bits per heavy atom. The summed E-state index contributed by atoms with van der Waals surface area (Å²) in [4.78, 5) is 11.2. The highest BCUT2D eigenvalue weighted by molar-refractivity contribution is 9.11. The molecule has 0 bridgehead atoms. The van der Waals surface area contributed by atoms with E-state index >= 15 is 0 Å². The molecule has 0 heterocycles. The Balaban J connectivity index is 2.40. The maximum Gasteiger partial charge on any atom is 0.337 e. The molecule has 0 amide bonds. The molecule has 0 aliphatic rings. The lowest BCUT2D eigenvalue weighted by atomic mass is 10.1. The van der Waals surface area contributed by atoms with Gasteiger partial charge in [-0.2, -0.15) is 0 Å². The summed E-state index contributed by atoms with van der Waals surface area (Å²) in [7, 11) is 0. The minimum Gasteiger partial charge on any atom is -0.478 e. The summed E-state index contributed by atoms with van der Waals surface area (Å²) in [6.07, 6.45) is 0. The smallest absolute Gasteiger partial charge is 0.337 e. The van der Waals surface area contributed by atoms with Gasteiger partial charge in [0, 0.05) is 13.4 Å². The van der Waals surface area contributed by atoms with E-state index < -0.39 is 5.97 Å². The molecular formula is C13H8Br3NO2. The Morgan fingerprint density at radius 1 is 0.947 bits per heavy atom. The summed E-state index contributed by atoms with van der Waals surface area (Å²) < 4.78 is 2.52. The molecule has 0 fully saturated rings. The van der Waals surface area contributed by atoms with Crippen molar-refractivity contribution in [2.45, 2.75) is 0 Å². The average molecular weight is 450 g/mol. The number of halogens is 3. The van der Waals surface area contributed by atoms with Gasteiger partial charge >= 0.3 is 5.97 Å². The topological polar surface area (TPSA) is 49.3 Å². The molecule has 0 spiro atoms. The Kier molecular flexibility index (Phi) is 4.65. The van der Waals surface area contributed by atoms with Crippen molar-refractivity contribution >= 4 is 65.1 Å². The van der Waals surface area contributed by atoms with Gasteiger partial charge in [0.15, 0.2) is 0 Å². The zero-order chi connectivity index (χ0) is 14.0. The van der Waals surface area contributed by atoms with Gasteiger partial charge in [-0.1, -0.05) is 31.9 Å². The molecule has 0 unspecified atom stereocenters. The first-order chi connectivity index (χ1) is 8.97. The predicted octanol–water partition coefficient (Wildman–Crippen LogP) is 5.42. The monoisotopic (exact) mass is 447 g/mol. The number of anilines is 2. The minimum absolute atomic E-state index is 0.212. The predicted molar refractivity (Wildman–Crippen MR) is 86.2 cm³/mol. The maximum atomic E-state index is 11.2. The number of hydrogen-bond acceptors (Lipinski definition) is 2. The molecule has 0 radical (unpaired) electrons. The van der Waals surface area contributed by atoms with Crippen LogP contribution in [0.25, 0.3) is 0 Å². The van der Waals surface area contributed by atoms with Crippen LogP contribution in [0.15, 0.2) is 49.8 Å². The van der Waals surface area contributed by atoms with Gasteiger partial charge in [-0.05, 0) is 52.3 Å². The van der Waals surface area contributed by atoms with Crippen molar-refractivity contribution < 1.29 is 9.90 Å². The fourth-order valence-corrected chi connectivity index (χ4v) is 3.05. The number of aromatic carboxylic acids is 1. The van der Waals surface area contributed by atoms with Gasteiger partial charge in [0.1, 0.15) is 0 Å². The van der Waals surface area contributed by atoms with E-state index in [0.29, 0.717) is 5.69 Å². The Labute approximate surface area is 135 Å². The molecule has 0 aliphatic heterocycles. The second-order valence-corrected chi connectivity index (χ2v) is 6.43. The van der Waals surface area contributed by atoms with E-state index in [0.717, 1.165) is 19.1 Å². The molecule has 0 saturated carbocycles. The van der Waals surface area contributed by atoms with E-state index in [9.17, 15) is 9.90 Å². The number of hydrogen-bond donors (Lipinski definition) is 2. The zero-order valence-corrected chi connectivity index (χ0v) is 14.2. The third-order valence-electron chi connectivity index (χ3n) is 2.41.